The molecule has 0 radical (unpaired) electrons. The number of nitrogens with zero attached hydrogens (tertiary/aromatic N) is 2. The summed E-state index contributed by atoms with van der Waals surface area (Å²) in [4.78, 5) is 0. The molecule has 0 atom stereocenters. The lowest BCUT2D eigenvalue weighted by molar-refractivity contribution is 0.350. The highest BCUT2D eigenvalue weighted by Gasteiger charge is 2.14. The molecule has 0 aliphatic carbocycles. The minimum absolute atomic E-state index is 0.672. The van der Waals surface area contributed by atoms with Gasteiger partial charge in [-0.1, -0.05) is 23.7 Å². The smallest absolute Gasteiger partial charge is 0.165 e. The van der Waals surface area contributed by atoms with Gasteiger partial charge in [-0.2, -0.15) is 5.10 Å². The Bertz CT molecular complexity index is 920. The van der Waals surface area contributed by atoms with E-state index in [9.17, 15) is 0 Å². The highest BCUT2D eigenvalue weighted by atomic mass is 35.5. The minimum atomic E-state index is 0.672. The topological polar surface area (TPSA) is 48.3 Å². The molecule has 3 aromatic rings. The molecule has 142 valence electrons. The van der Waals surface area contributed by atoms with Crippen LogP contribution in [0.1, 0.15) is 22.5 Å². The van der Waals surface area contributed by atoms with E-state index in [1.165, 1.54) is 5.56 Å². The Labute approximate surface area is 164 Å². The Morgan fingerprint density at radius 3 is 2.41 bits per heavy atom. The van der Waals surface area contributed by atoms with Gasteiger partial charge in [0.1, 0.15) is 0 Å². The molecule has 3 rings (SSSR count). The predicted molar refractivity (Wildman–Crippen MR) is 108 cm³/mol. The summed E-state index contributed by atoms with van der Waals surface area (Å²) in [5.74, 6) is 1.50. The number of aromatic nitrogens is 2. The molecule has 0 bridgehead atoms. The van der Waals surface area contributed by atoms with Gasteiger partial charge in [0, 0.05) is 34.9 Å². The summed E-state index contributed by atoms with van der Waals surface area (Å²) in [5, 5.41) is 8.89. The number of ether oxygens (including phenoxy) is 2. The lowest BCUT2D eigenvalue weighted by atomic mass is 10.1. The number of methoxy groups -OCH3 is 2. The summed E-state index contributed by atoms with van der Waals surface area (Å²) < 4.78 is 12.8. The maximum atomic E-state index is 5.99. The van der Waals surface area contributed by atoms with Crippen LogP contribution in [0.4, 0.5) is 0 Å². The molecule has 2 aromatic carbocycles. The molecular weight excluding hydrogens is 362 g/mol. The summed E-state index contributed by atoms with van der Waals surface area (Å²) in [5.41, 5.74) is 5.36. The first kappa shape index (κ1) is 19.3. The highest BCUT2D eigenvalue weighted by Crippen LogP contribution is 2.30. The molecule has 0 unspecified atom stereocenters. The Balaban J connectivity index is 1.75. The van der Waals surface area contributed by atoms with Gasteiger partial charge in [0.05, 0.1) is 25.6 Å². The van der Waals surface area contributed by atoms with Crippen molar-refractivity contribution in [2.24, 2.45) is 0 Å². The van der Waals surface area contributed by atoms with Gasteiger partial charge in [-0.05, 0) is 44.2 Å². The van der Waals surface area contributed by atoms with Crippen LogP contribution in [0.5, 0.6) is 11.5 Å². The third-order valence-electron chi connectivity index (χ3n) is 4.61. The number of para-hydroxylation sites is 1. The lowest BCUT2D eigenvalue weighted by Gasteiger charge is -2.13. The SMILES string of the molecule is COc1cccc(CNCc2c(C)nn(-c3ccc(Cl)cc3)c2C)c1OC. The average Bonchev–Trinajstić information content (AvgIpc) is 2.96. The van der Waals surface area contributed by atoms with Crippen molar-refractivity contribution in [3.8, 4) is 17.2 Å². The van der Waals surface area contributed by atoms with Crippen LogP contribution in [-0.4, -0.2) is 24.0 Å². The second-order valence-electron chi connectivity index (χ2n) is 6.29. The van der Waals surface area contributed by atoms with Crippen LogP contribution in [0.25, 0.3) is 5.69 Å². The van der Waals surface area contributed by atoms with E-state index in [0.29, 0.717) is 13.1 Å². The van der Waals surface area contributed by atoms with E-state index in [1.54, 1.807) is 14.2 Å². The van der Waals surface area contributed by atoms with E-state index < -0.39 is 0 Å². The molecule has 0 amide bonds. The Kier molecular flexibility index (Phi) is 6.04. The fraction of sp³-hybridized carbons (Fsp3) is 0.286. The van der Waals surface area contributed by atoms with Gasteiger partial charge < -0.3 is 14.8 Å². The van der Waals surface area contributed by atoms with Crippen molar-refractivity contribution in [3.05, 3.63) is 70.0 Å². The Morgan fingerprint density at radius 2 is 1.74 bits per heavy atom. The maximum Gasteiger partial charge on any atom is 0.165 e. The molecule has 0 saturated carbocycles. The van der Waals surface area contributed by atoms with Crippen molar-refractivity contribution in [2.75, 3.05) is 14.2 Å². The van der Waals surface area contributed by atoms with Gasteiger partial charge in [-0.25, -0.2) is 4.68 Å². The molecule has 0 aliphatic heterocycles. The van der Waals surface area contributed by atoms with E-state index >= 15 is 0 Å². The van der Waals surface area contributed by atoms with Gasteiger partial charge in [0.2, 0.25) is 0 Å². The number of rotatable bonds is 7. The number of nitrogens with one attached hydrogen (secondary N) is 1. The van der Waals surface area contributed by atoms with E-state index in [-0.39, 0.29) is 0 Å². The monoisotopic (exact) mass is 385 g/mol. The van der Waals surface area contributed by atoms with Crippen LogP contribution in [0.2, 0.25) is 5.02 Å². The van der Waals surface area contributed by atoms with Crippen molar-refractivity contribution in [1.82, 2.24) is 15.1 Å². The van der Waals surface area contributed by atoms with Crippen molar-refractivity contribution >= 4 is 11.6 Å². The first-order valence-corrected chi connectivity index (χ1v) is 9.14. The maximum absolute atomic E-state index is 5.99. The first-order chi connectivity index (χ1) is 13.0. The van der Waals surface area contributed by atoms with Crippen LogP contribution in [0.3, 0.4) is 0 Å². The zero-order chi connectivity index (χ0) is 19.4. The molecular formula is C21H24ClN3O2. The first-order valence-electron chi connectivity index (χ1n) is 8.76. The fourth-order valence-electron chi connectivity index (χ4n) is 3.18. The minimum Gasteiger partial charge on any atom is -0.493 e. The van der Waals surface area contributed by atoms with E-state index in [0.717, 1.165) is 39.2 Å². The Hall–Kier alpha value is -2.50. The molecule has 0 aliphatic rings. The van der Waals surface area contributed by atoms with E-state index in [1.807, 2.05) is 54.1 Å². The molecule has 27 heavy (non-hydrogen) atoms. The van der Waals surface area contributed by atoms with Crippen molar-refractivity contribution in [3.63, 3.8) is 0 Å². The molecule has 1 heterocycles. The Morgan fingerprint density at radius 1 is 1.00 bits per heavy atom. The van der Waals surface area contributed by atoms with Gasteiger partial charge in [0.15, 0.2) is 11.5 Å². The summed E-state index contributed by atoms with van der Waals surface area (Å²) in [7, 11) is 3.30. The van der Waals surface area contributed by atoms with Crippen molar-refractivity contribution in [1.29, 1.82) is 0 Å². The van der Waals surface area contributed by atoms with Gasteiger partial charge in [-0.15, -0.1) is 0 Å². The molecule has 0 saturated heterocycles. The lowest BCUT2D eigenvalue weighted by Crippen LogP contribution is -2.15. The molecule has 6 heteroatoms. The van der Waals surface area contributed by atoms with Crippen molar-refractivity contribution < 1.29 is 9.47 Å². The van der Waals surface area contributed by atoms with Crippen LogP contribution < -0.4 is 14.8 Å². The predicted octanol–water partition coefficient (Wildman–Crippen LogP) is 4.45. The van der Waals surface area contributed by atoms with Gasteiger partial charge >= 0.3 is 0 Å². The number of halogens is 1. The third-order valence-corrected chi connectivity index (χ3v) is 4.87. The zero-order valence-electron chi connectivity index (χ0n) is 16.0. The molecule has 5 nitrogen and oxygen atoms in total. The molecule has 1 aromatic heterocycles. The second kappa shape index (κ2) is 8.46. The van der Waals surface area contributed by atoms with Gasteiger partial charge in [-0.3, -0.25) is 0 Å². The largest absolute Gasteiger partial charge is 0.493 e. The van der Waals surface area contributed by atoms with Crippen molar-refractivity contribution in [2.45, 2.75) is 26.9 Å². The second-order valence-corrected chi connectivity index (χ2v) is 6.73. The highest BCUT2D eigenvalue weighted by molar-refractivity contribution is 6.30. The number of benzene rings is 2. The molecule has 0 spiro atoms. The number of hydrogen-bond donors (Lipinski definition) is 1. The van der Waals surface area contributed by atoms with E-state index in [4.69, 9.17) is 21.1 Å². The van der Waals surface area contributed by atoms with E-state index in [2.05, 4.69) is 17.3 Å². The number of hydrogen-bond acceptors (Lipinski definition) is 4. The normalized spacial score (nSPS) is 10.9. The summed E-state index contributed by atoms with van der Waals surface area (Å²) >= 11 is 5.99. The van der Waals surface area contributed by atoms with Crippen LogP contribution in [0, 0.1) is 13.8 Å². The summed E-state index contributed by atoms with van der Waals surface area (Å²) in [6.07, 6.45) is 0. The van der Waals surface area contributed by atoms with Crippen LogP contribution in [-0.2, 0) is 13.1 Å². The average molecular weight is 386 g/mol. The molecule has 1 N–H and O–H groups in total. The standard InChI is InChI=1S/C21H24ClN3O2/c1-14-19(15(2)25(24-14)18-10-8-17(22)9-11-18)13-23-12-16-6-5-7-20(26-3)21(16)27-4/h5-11,23H,12-13H2,1-4H3. The summed E-state index contributed by atoms with van der Waals surface area (Å²) in [6.45, 7) is 5.50. The summed E-state index contributed by atoms with van der Waals surface area (Å²) in [6, 6.07) is 13.6. The molecule has 0 fully saturated rings. The quantitative estimate of drug-likeness (QED) is 0.652. The third kappa shape index (κ3) is 4.10. The fourth-order valence-corrected chi connectivity index (χ4v) is 3.31. The number of aryl methyl sites for hydroxylation is 1. The van der Waals surface area contributed by atoms with Crippen LogP contribution in [0.15, 0.2) is 42.5 Å². The zero-order valence-corrected chi connectivity index (χ0v) is 16.8. The van der Waals surface area contributed by atoms with Gasteiger partial charge in [0.25, 0.3) is 0 Å². The van der Waals surface area contributed by atoms with Crippen LogP contribution >= 0.6 is 11.6 Å².